The fraction of sp³-hybridized carbons (Fsp3) is 0.167. The summed E-state index contributed by atoms with van der Waals surface area (Å²) in [6.07, 6.45) is 0. The van der Waals surface area contributed by atoms with E-state index in [0.717, 1.165) is 26.9 Å². The molecule has 4 rings (SSSR count). The summed E-state index contributed by atoms with van der Waals surface area (Å²) in [4.78, 5) is 19.5. The monoisotopic (exact) mass is 484 g/mol. The van der Waals surface area contributed by atoms with Crippen molar-refractivity contribution in [1.82, 2.24) is 4.98 Å². The zero-order valence-corrected chi connectivity index (χ0v) is 20.0. The lowest BCUT2D eigenvalue weighted by Crippen LogP contribution is -2.35. The summed E-state index contributed by atoms with van der Waals surface area (Å²) in [7, 11) is -3.84. The molecule has 0 saturated heterocycles. The average molecular weight is 485 g/mol. The van der Waals surface area contributed by atoms with Gasteiger partial charge in [0.2, 0.25) is 5.91 Å². The van der Waals surface area contributed by atoms with Crippen LogP contribution in [0.1, 0.15) is 16.7 Å². The van der Waals surface area contributed by atoms with Crippen LogP contribution in [0.4, 0.5) is 5.13 Å². The molecule has 0 N–H and O–H groups in total. The van der Waals surface area contributed by atoms with Crippen molar-refractivity contribution in [2.24, 2.45) is 0 Å². The summed E-state index contributed by atoms with van der Waals surface area (Å²) in [5.74, 6) is -1.19. The van der Waals surface area contributed by atoms with Gasteiger partial charge < -0.3 is 0 Å². The number of hydrogen-bond donors (Lipinski definition) is 0. The Balaban J connectivity index is 1.71. The van der Waals surface area contributed by atoms with Gasteiger partial charge in [-0.15, -0.1) is 0 Å². The minimum Gasteiger partial charge on any atom is -0.283 e. The Labute approximate surface area is 196 Å². The van der Waals surface area contributed by atoms with E-state index >= 15 is 0 Å². The smallest absolute Gasteiger partial charge is 0.244 e. The Hall–Kier alpha value is -2.74. The number of hydrogen-bond acceptors (Lipinski definition) is 5. The largest absolute Gasteiger partial charge is 0.283 e. The number of amides is 1. The van der Waals surface area contributed by atoms with E-state index < -0.39 is 21.5 Å². The highest BCUT2D eigenvalue weighted by Gasteiger charge is 2.27. The number of rotatable bonds is 6. The molecule has 0 bridgehead atoms. The van der Waals surface area contributed by atoms with Crippen LogP contribution in [0.15, 0.2) is 71.6 Å². The van der Waals surface area contributed by atoms with Crippen molar-refractivity contribution in [3.05, 3.63) is 88.4 Å². The molecular formula is C24H21ClN2O3S2. The van der Waals surface area contributed by atoms with Crippen LogP contribution in [0.2, 0.25) is 5.02 Å². The first-order valence-corrected chi connectivity index (χ1v) is 12.8. The topological polar surface area (TPSA) is 67.3 Å². The van der Waals surface area contributed by atoms with Gasteiger partial charge in [0.25, 0.3) is 0 Å². The lowest BCUT2D eigenvalue weighted by atomic mass is 10.1. The van der Waals surface area contributed by atoms with Gasteiger partial charge in [-0.3, -0.25) is 9.69 Å². The first-order chi connectivity index (χ1) is 15.2. The molecular weight excluding hydrogens is 464 g/mol. The Kier molecular flexibility index (Phi) is 6.33. The minimum absolute atomic E-state index is 0.0608. The van der Waals surface area contributed by atoms with E-state index in [9.17, 15) is 13.2 Å². The van der Waals surface area contributed by atoms with E-state index in [4.69, 9.17) is 11.6 Å². The van der Waals surface area contributed by atoms with Crippen LogP contribution in [0, 0.1) is 13.8 Å². The second-order valence-electron chi connectivity index (χ2n) is 7.60. The number of fused-ring (bicyclic) bond motifs is 1. The van der Waals surface area contributed by atoms with E-state index in [-0.39, 0.29) is 11.4 Å². The molecule has 1 heterocycles. The lowest BCUT2D eigenvalue weighted by Gasteiger charge is -2.20. The Morgan fingerprint density at radius 2 is 1.72 bits per heavy atom. The Bertz CT molecular complexity index is 1380. The van der Waals surface area contributed by atoms with Crippen LogP contribution < -0.4 is 4.90 Å². The van der Waals surface area contributed by atoms with Gasteiger partial charge in [-0.2, -0.15) is 0 Å². The van der Waals surface area contributed by atoms with Crippen molar-refractivity contribution in [2.75, 3.05) is 10.7 Å². The normalized spacial score (nSPS) is 11.6. The number of anilines is 1. The van der Waals surface area contributed by atoms with Gasteiger partial charge in [-0.25, -0.2) is 13.4 Å². The van der Waals surface area contributed by atoms with Gasteiger partial charge >= 0.3 is 0 Å². The van der Waals surface area contributed by atoms with Crippen molar-refractivity contribution in [3.8, 4) is 0 Å². The number of carbonyl (C=O) groups is 1. The number of aryl methyl sites for hydroxylation is 2. The highest BCUT2D eigenvalue weighted by atomic mass is 35.5. The summed E-state index contributed by atoms with van der Waals surface area (Å²) in [5, 5.41) is 0.912. The van der Waals surface area contributed by atoms with Crippen LogP contribution in [-0.2, 0) is 21.2 Å². The molecule has 0 aliphatic heterocycles. The zero-order valence-electron chi connectivity index (χ0n) is 17.6. The molecule has 0 radical (unpaired) electrons. The van der Waals surface area contributed by atoms with Crippen molar-refractivity contribution >= 4 is 54.0 Å². The summed E-state index contributed by atoms with van der Waals surface area (Å²) < 4.78 is 26.8. The predicted octanol–water partition coefficient (Wildman–Crippen LogP) is 5.57. The third kappa shape index (κ3) is 4.85. The number of benzene rings is 3. The molecule has 3 aromatic carbocycles. The Morgan fingerprint density at radius 3 is 2.41 bits per heavy atom. The van der Waals surface area contributed by atoms with E-state index in [1.165, 1.54) is 40.5 Å². The highest BCUT2D eigenvalue weighted by molar-refractivity contribution is 7.92. The quantitative estimate of drug-likeness (QED) is 0.358. The minimum atomic E-state index is -3.84. The van der Waals surface area contributed by atoms with Crippen LogP contribution in [0.25, 0.3) is 10.2 Å². The SMILES string of the molecule is Cc1cc(C)c2sc(N(Cc3ccccc3)C(=O)CS(=O)(=O)c3ccc(Cl)cc3)nc2c1. The molecule has 0 unspecified atom stereocenters. The fourth-order valence-electron chi connectivity index (χ4n) is 3.47. The number of aromatic nitrogens is 1. The van der Waals surface area contributed by atoms with Crippen molar-refractivity contribution < 1.29 is 13.2 Å². The van der Waals surface area contributed by atoms with Crippen molar-refractivity contribution in [1.29, 1.82) is 0 Å². The average Bonchev–Trinajstić information content (AvgIpc) is 3.16. The molecule has 32 heavy (non-hydrogen) atoms. The molecule has 0 saturated carbocycles. The lowest BCUT2D eigenvalue weighted by molar-refractivity contribution is -0.116. The predicted molar refractivity (Wildman–Crippen MR) is 130 cm³/mol. The molecule has 0 atom stereocenters. The van der Waals surface area contributed by atoms with Crippen LogP contribution >= 0.6 is 22.9 Å². The Morgan fingerprint density at radius 1 is 1.03 bits per heavy atom. The van der Waals surface area contributed by atoms with E-state index in [0.29, 0.717) is 10.2 Å². The molecule has 0 aliphatic carbocycles. The van der Waals surface area contributed by atoms with Gasteiger partial charge in [0.1, 0.15) is 5.75 Å². The summed E-state index contributed by atoms with van der Waals surface area (Å²) >= 11 is 7.27. The summed E-state index contributed by atoms with van der Waals surface area (Å²) in [6, 6.07) is 19.3. The number of halogens is 1. The standard InChI is InChI=1S/C24H21ClN2O3S2/c1-16-12-17(2)23-21(13-16)26-24(31-23)27(14-18-6-4-3-5-7-18)22(28)15-32(29,30)20-10-8-19(25)9-11-20/h3-13H,14-15H2,1-2H3. The van der Waals surface area contributed by atoms with E-state index in [2.05, 4.69) is 11.1 Å². The van der Waals surface area contributed by atoms with Gasteiger partial charge in [0.15, 0.2) is 15.0 Å². The molecule has 0 spiro atoms. The first-order valence-electron chi connectivity index (χ1n) is 9.93. The fourth-order valence-corrected chi connectivity index (χ4v) is 5.83. The zero-order chi connectivity index (χ0) is 22.9. The molecule has 0 fully saturated rings. The first kappa shape index (κ1) is 22.5. The van der Waals surface area contributed by atoms with Gasteiger partial charge in [0.05, 0.1) is 21.7 Å². The van der Waals surface area contributed by atoms with Crippen LogP contribution in [-0.4, -0.2) is 25.1 Å². The molecule has 0 aliphatic rings. The number of sulfone groups is 1. The number of nitrogens with zero attached hydrogens (tertiary/aromatic N) is 2. The van der Waals surface area contributed by atoms with Gasteiger partial charge in [-0.05, 0) is 60.9 Å². The third-order valence-corrected chi connectivity index (χ3v) is 8.11. The van der Waals surface area contributed by atoms with Crippen LogP contribution in [0.3, 0.4) is 0 Å². The highest BCUT2D eigenvalue weighted by Crippen LogP contribution is 2.33. The molecule has 8 heteroatoms. The second kappa shape index (κ2) is 9.02. The van der Waals surface area contributed by atoms with E-state index in [1.54, 1.807) is 0 Å². The number of thiazole rings is 1. The molecule has 1 aromatic heterocycles. The maximum atomic E-state index is 13.3. The van der Waals surface area contributed by atoms with E-state index in [1.807, 2.05) is 50.2 Å². The maximum Gasteiger partial charge on any atom is 0.244 e. The summed E-state index contributed by atoms with van der Waals surface area (Å²) in [6.45, 7) is 4.23. The van der Waals surface area contributed by atoms with Gasteiger partial charge in [-0.1, -0.05) is 59.3 Å². The number of carbonyl (C=O) groups excluding carboxylic acids is 1. The maximum absolute atomic E-state index is 13.3. The molecule has 1 amide bonds. The molecule has 5 nitrogen and oxygen atoms in total. The van der Waals surface area contributed by atoms with Crippen molar-refractivity contribution in [3.63, 3.8) is 0 Å². The van der Waals surface area contributed by atoms with Crippen LogP contribution in [0.5, 0.6) is 0 Å². The third-order valence-electron chi connectivity index (χ3n) is 5.01. The summed E-state index contributed by atoms with van der Waals surface area (Å²) in [5.41, 5.74) is 3.84. The molecule has 164 valence electrons. The van der Waals surface area contributed by atoms with Crippen molar-refractivity contribution in [2.45, 2.75) is 25.3 Å². The van der Waals surface area contributed by atoms with Gasteiger partial charge in [0, 0.05) is 5.02 Å². The second-order valence-corrected chi connectivity index (χ2v) is 11.0. The molecule has 4 aromatic rings.